The highest BCUT2D eigenvalue weighted by Gasteiger charge is 2.34. The van der Waals surface area contributed by atoms with Gasteiger partial charge in [-0.05, 0) is 12.1 Å². The second-order valence-electron chi connectivity index (χ2n) is 7.04. The van der Waals surface area contributed by atoms with E-state index in [1.165, 1.54) is 0 Å². The molecule has 1 saturated heterocycles. The van der Waals surface area contributed by atoms with Crippen molar-refractivity contribution in [1.82, 2.24) is 24.6 Å². The van der Waals surface area contributed by atoms with Crippen molar-refractivity contribution in [1.29, 1.82) is 0 Å². The van der Waals surface area contributed by atoms with Gasteiger partial charge in [0.2, 0.25) is 11.9 Å². The number of nitrogens with zero attached hydrogens (tertiary/aromatic N) is 7. The summed E-state index contributed by atoms with van der Waals surface area (Å²) >= 11 is 0. The lowest BCUT2D eigenvalue weighted by molar-refractivity contribution is -0.130. The van der Waals surface area contributed by atoms with Crippen molar-refractivity contribution in [2.75, 3.05) is 44.0 Å². The minimum atomic E-state index is -0.930. The summed E-state index contributed by atoms with van der Waals surface area (Å²) < 4.78 is 15.9. The molecule has 2 aromatic rings. The maximum absolute atomic E-state index is 14.1. The van der Waals surface area contributed by atoms with Crippen LogP contribution in [0.2, 0.25) is 0 Å². The second kappa shape index (κ2) is 8.32. The third kappa shape index (κ3) is 4.72. The Balaban J connectivity index is 1.63. The van der Waals surface area contributed by atoms with Gasteiger partial charge in [0.15, 0.2) is 0 Å². The van der Waals surface area contributed by atoms with Crippen molar-refractivity contribution in [2.24, 2.45) is 0 Å². The zero-order chi connectivity index (χ0) is 19.4. The molecule has 0 aliphatic carbocycles. The van der Waals surface area contributed by atoms with Gasteiger partial charge in [0.1, 0.15) is 12.0 Å². The molecule has 0 N–H and O–H groups in total. The summed E-state index contributed by atoms with van der Waals surface area (Å²) in [7, 11) is 5.50. The summed E-state index contributed by atoms with van der Waals surface area (Å²) in [6.07, 6.45) is 5.02. The molecule has 3 heterocycles. The van der Waals surface area contributed by atoms with E-state index in [9.17, 15) is 9.18 Å². The Labute approximate surface area is 158 Å². The predicted octanol–water partition coefficient (Wildman–Crippen LogP) is 1.20. The molecule has 2 aromatic heterocycles. The van der Waals surface area contributed by atoms with E-state index < -0.39 is 6.17 Å². The van der Waals surface area contributed by atoms with E-state index in [0.717, 1.165) is 0 Å². The molecule has 0 saturated carbocycles. The van der Waals surface area contributed by atoms with E-state index in [1.807, 2.05) is 36.2 Å². The molecule has 1 aliphatic rings. The van der Waals surface area contributed by atoms with Gasteiger partial charge in [-0.3, -0.25) is 9.48 Å². The number of carbonyl (C=O) groups is 1. The fourth-order valence-electron chi connectivity index (χ4n) is 3.28. The smallest absolute Gasteiger partial charge is 0.226 e. The Kier molecular flexibility index (Phi) is 5.88. The number of hydrogen-bond donors (Lipinski definition) is 0. The third-order valence-corrected chi connectivity index (χ3v) is 4.71. The number of alkyl halides is 1. The summed E-state index contributed by atoms with van der Waals surface area (Å²) in [6.45, 7) is 1.28. The molecular weight excluding hydrogens is 349 g/mol. The molecule has 0 unspecified atom stereocenters. The van der Waals surface area contributed by atoms with Crippen LogP contribution in [0.4, 0.5) is 16.2 Å². The maximum atomic E-state index is 14.1. The van der Waals surface area contributed by atoms with E-state index in [-0.39, 0.29) is 18.5 Å². The number of aryl methyl sites for hydroxylation is 1. The van der Waals surface area contributed by atoms with E-state index in [4.69, 9.17) is 0 Å². The number of hydrogen-bond acceptors (Lipinski definition) is 6. The first-order valence-electron chi connectivity index (χ1n) is 9.06. The normalized spacial score (nSPS) is 19.3. The van der Waals surface area contributed by atoms with Gasteiger partial charge in [0.25, 0.3) is 0 Å². The van der Waals surface area contributed by atoms with E-state index in [1.54, 1.807) is 35.1 Å². The van der Waals surface area contributed by atoms with Crippen molar-refractivity contribution in [3.05, 3.63) is 30.7 Å². The monoisotopic (exact) mass is 375 g/mol. The summed E-state index contributed by atoms with van der Waals surface area (Å²) in [5, 5.41) is 4.10. The van der Waals surface area contributed by atoms with Crippen molar-refractivity contribution in [3.63, 3.8) is 0 Å². The summed E-state index contributed by atoms with van der Waals surface area (Å²) in [6, 6.07) is 3.51. The van der Waals surface area contributed by atoms with Gasteiger partial charge in [-0.15, -0.1) is 0 Å². The standard InChI is InChI=1S/C18H26FN7O/c1-23(2)18-20-8-5-16(22-18)26-12-14(19)11-15(26)13-24(3)17(27)6-10-25-9-4-7-21-25/h4-5,7-9,14-15H,6,10-13H2,1-3H3/t14-,15-/m0/s1. The lowest BCUT2D eigenvalue weighted by atomic mass is 10.2. The van der Waals surface area contributed by atoms with Crippen LogP contribution in [0.3, 0.4) is 0 Å². The van der Waals surface area contributed by atoms with Gasteiger partial charge >= 0.3 is 0 Å². The van der Waals surface area contributed by atoms with Crippen LogP contribution in [0, 0.1) is 0 Å². The Hall–Kier alpha value is -2.71. The van der Waals surface area contributed by atoms with Crippen LogP contribution in [0.15, 0.2) is 30.7 Å². The lowest BCUT2D eigenvalue weighted by Gasteiger charge is -2.29. The van der Waals surface area contributed by atoms with Gasteiger partial charge in [-0.25, -0.2) is 9.37 Å². The molecule has 0 spiro atoms. The molecule has 8 nitrogen and oxygen atoms in total. The van der Waals surface area contributed by atoms with Crippen molar-refractivity contribution in [3.8, 4) is 0 Å². The van der Waals surface area contributed by atoms with Crippen LogP contribution in [0.5, 0.6) is 0 Å². The highest BCUT2D eigenvalue weighted by molar-refractivity contribution is 5.75. The van der Waals surface area contributed by atoms with Crippen LogP contribution in [-0.4, -0.2) is 77.0 Å². The van der Waals surface area contributed by atoms with Crippen LogP contribution >= 0.6 is 0 Å². The molecule has 9 heteroatoms. The first kappa shape index (κ1) is 19.1. The molecule has 0 radical (unpaired) electrons. The second-order valence-corrected chi connectivity index (χ2v) is 7.04. The third-order valence-electron chi connectivity index (χ3n) is 4.71. The summed E-state index contributed by atoms with van der Waals surface area (Å²) in [5.41, 5.74) is 0. The summed E-state index contributed by atoms with van der Waals surface area (Å²) in [5.74, 6) is 1.29. The quantitative estimate of drug-likeness (QED) is 0.724. The number of anilines is 2. The van der Waals surface area contributed by atoms with Gasteiger partial charge in [0.05, 0.1) is 12.6 Å². The average molecular weight is 375 g/mol. The molecule has 0 bridgehead atoms. The maximum Gasteiger partial charge on any atom is 0.226 e. The van der Waals surface area contributed by atoms with Crippen molar-refractivity contribution in [2.45, 2.75) is 31.6 Å². The Morgan fingerprint density at radius 2 is 2.15 bits per heavy atom. The molecule has 3 rings (SSSR count). The average Bonchev–Trinajstić information content (AvgIpc) is 3.29. The number of carbonyl (C=O) groups excluding carboxylic acids is 1. The first-order chi connectivity index (χ1) is 12.9. The van der Waals surface area contributed by atoms with Crippen LogP contribution < -0.4 is 9.80 Å². The zero-order valence-corrected chi connectivity index (χ0v) is 16.0. The van der Waals surface area contributed by atoms with E-state index in [0.29, 0.717) is 37.7 Å². The molecule has 1 fully saturated rings. The van der Waals surface area contributed by atoms with E-state index >= 15 is 0 Å². The number of likely N-dealkylation sites (N-methyl/N-ethyl adjacent to an activating group) is 1. The Morgan fingerprint density at radius 3 is 2.85 bits per heavy atom. The predicted molar refractivity (Wildman–Crippen MR) is 101 cm³/mol. The highest BCUT2D eigenvalue weighted by Crippen LogP contribution is 2.27. The molecule has 1 aliphatic heterocycles. The number of amides is 1. The topological polar surface area (TPSA) is 70.4 Å². The molecule has 0 aromatic carbocycles. The van der Waals surface area contributed by atoms with Crippen LogP contribution in [-0.2, 0) is 11.3 Å². The number of halogens is 1. The molecule has 27 heavy (non-hydrogen) atoms. The molecular formula is C18H26FN7O. The van der Waals surface area contributed by atoms with Gasteiger partial charge < -0.3 is 14.7 Å². The van der Waals surface area contributed by atoms with Crippen molar-refractivity contribution >= 4 is 17.7 Å². The van der Waals surface area contributed by atoms with Gasteiger partial charge in [0, 0.05) is 65.7 Å². The number of aromatic nitrogens is 4. The lowest BCUT2D eigenvalue weighted by Crippen LogP contribution is -2.42. The Morgan fingerprint density at radius 1 is 1.33 bits per heavy atom. The zero-order valence-electron chi connectivity index (χ0n) is 16.0. The number of rotatable bonds is 7. The Bertz CT molecular complexity index is 752. The van der Waals surface area contributed by atoms with E-state index in [2.05, 4.69) is 15.1 Å². The SMILES string of the molecule is CN(C[C@@H]1C[C@H](F)CN1c1ccnc(N(C)C)n1)C(=O)CCn1cccn1. The summed E-state index contributed by atoms with van der Waals surface area (Å²) in [4.78, 5) is 26.6. The largest absolute Gasteiger partial charge is 0.349 e. The van der Waals surface area contributed by atoms with Crippen LogP contribution in [0.25, 0.3) is 0 Å². The minimum Gasteiger partial charge on any atom is -0.349 e. The molecule has 1 amide bonds. The molecule has 146 valence electrons. The van der Waals surface area contributed by atoms with Crippen molar-refractivity contribution < 1.29 is 9.18 Å². The van der Waals surface area contributed by atoms with Gasteiger partial charge in [-0.2, -0.15) is 10.1 Å². The first-order valence-corrected chi connectivity index (χ1v) is 9.06. The molecule has 2 atom stereocenters. The highest BCUT2D eigenvalue weighted by atomic mass is 19.1. The van der Waals surface area contributed by atoms with Gasteiger partial charge in [-0.1, -0.05) is 0 Å². The fraction of sp³-hybridized carbons (Fsp3) is 0.556. The minimum absolute atomic E-state index is 0.0180. The van der Waals surface area contributed by atoms with Crippen LogP contribution in [0.1, 0.15) is 12.8 Å². The fourth-order valence-corrected chi connectivity index (χ4v) is 3.28.